The molecule has 0 heterocycles. The Hall–Kier alpha value is -3.56. The maximum absolute atomic E-state index is 14.8. The molecule has 214 valence electrons. The standard InChI is InChI=1S/C22H15ClF11N3O2/c1-37(19(39)35-9-20(26,27)28)36-18(38)12-4-2-11(6-14(12)22(32,33)34)16(24)8-13(21(29,30)31)10-3-5-15(23)17(25)7-10/h2-8,13H,9H2,1H3,(H,35,39)(H,36,38)/b16-8-. The SMILES string of the molecule is CN(NC(=O)c1ccc(/C(F)=C/C(c2ccc(Cl)c(F)c2)C(F)(F)F)cc1C(F)(F)F)C(=O)NCC(F)(F)F. The number of allylic oxidation sites excluding steroid dienone is 1. The van der Waals surface area contributed by atoms with E-state index in [0.717, 1.165) is 12.1 Å². The van der Waals surface area contributed by atoms with E-state index in [1.807, 2.05) is 0 Å². The van der Waals surface area contributed by atoms with Gasteiger partial charge < -0.3 is 5.32 Å². The zero-order valence-electron chi connectivity index (χ0n) is 19.1. The van der Waals surface area contributed by atoms with Gasteiger partial charge in [0.15, 0.2) is 0 Å². The fraction of sp³-hybridized carbons (Fsp3) is 0.273. The molecule has 0 bridgehead atoms. The Kier molecular flexibility index (Phi) is 9.47. The number of halogens is 12. The van der Waals surface area contributed by atoms with Crippen LogP contribution in [-0.4, -0.2) is 42.9 Å². The molecule has 0 aliphatic carbocycles. The van der Waals surface area contributed by atoms with E-state index in [4.69, 9.17) is 11.6 Å². The number of urea groups is 1. The smallest absolute Gasteiger partial charge is 0.327 e. The fourth-order valence-corrected chi connectivity index (χ4v) is 3.13. The van der Waals surface area contributed by atoms with Gasteiger partial charge in [0.05, 0.1) is 16.1 Å². The summed E-state index contributed by atoms with van der Waals surface area (Å²) in [7, 11) is 0.713. The van der Waals surface area contributed by atoms with Gasteiger partial charge in [-0.1, -0.05) is 23.7 Å². The molecule has 1 atom stereocenters. The summed E-state index contributed by atoms with van der Waals surface area (Å²) in [5.41, 5.74) is -3.34. The summed E-state index contributed by atoms with van der Waals surface area (Å²) >= 11 is 5.43. The van der Waals surface area contributed by atoms with E-state index in [1.165, 1.54) is 5.32 Å². The number of nitrogens with zero attached hydrogens (tertiary/aromatic N) is 1. The molecular formula is C22H15ClF11N3O2. The molecule has 0 saturated carbocycles. The van der Waals surface area contributed by atoms with Crippen molar-refractivity contribution in [2.75, 3.05) is 13.6 Å². The first kappa shape index (κ1) is 31.7. The normalized spacial score (nSPS) is 13.6. The first-order chi connectivity index (χ1) is 17.7. The number of alkyl halides is 9. The molecule has 0 saturated heterocycles. The van der Waals surface area contributed by atoms with Crippen molar-refractivity contribution in [1.82, 2.24) is 15.8 Å². The van der Waals surface area contributed by atoms with Gasteiger partial charge in [0.2, 0.25) is 0 Å². The van der Waals surface area contributed by atoms with Gasteiger partial charge in [-0.2, -0.15) is 39.5 Å². The van der Waals surface area contributed by atoms with Crippen LogP contribution in [0.1, 0.15) is 33.0 Å². The Balaban J connectivity index is 2.42. The molecule has 0 fully saturated rings. The van der Waals surface area contributed by atoms with E-state index in [2.05, 4.69) is 0 Å². The van der Waals surface area contributed by atoms with Crippen LogP contribution in [0.2, 0.25) is 5.02 Å². The van der Waals surface area contributed by atoms with Gasteiger partial charge in [-0.05, 0) is 35.9 Å². The molecule has 2 N–H and O–H groups in total. The van der Waals surface area contributed by atoms with Crippen LogP contribution in [0.15, 0.2) is 42.5 Å². The summed E-state index contributed by atoms with van der Waals surface area (Å²) in [6, 6.07) is 1.26. The number of carbonyl (C=O) groups excluding carboxylic acids is 2. The highest BCUT2D eigenvalue weighted by Crippen LogP contribution is 2.40. The molecule has 2 aromatic rings. The Morgan fingerprint density at radius 1 is 1.00 bits per heavy atom. The molecule has 1 unspecified atom stereocenters. The summed E-state index contributed by atoms with van der Waals surface area (Å²) in [5.74, 6) is -7.53. The van der Waals surface area contributed by atoms with Gasteiger partial charge in [-0.25, -0.2) is 18.6 Å². The predicted octanol–water partition coefficient (Wildman–Crippen LogP) is 7.00. The molecule has 17 heteroatoms. The second kappa shape index (κ2) is 11.7. The molecule has 5 nitrogen and oxygen atoms in total. The number of hydrogen-bond donors (Lipinski definition) is 2. The Labute approximate surface area is 217 Å². The van der Waals surface area contributed by atoms with Gasteiger partial charge >= 0.3 is 24.6 Å². The largest absolute Gasteiger partial charge is 0.417 e. The van der Waals surface area contributed by atoms with Crippen molar-refractivity contribution in [1.29, 1.82) is 0 Å². The van der Waals surface area contributed by atoms with Crippen LogP contribution in [0, 0.1) is 5.82 Å². The van der Waals surface area contributed by atoms with Gasteiger partial charge in [0.25, 0.3) is 5.91 Å². The molecular weight excluding hydrogens is 583 g/mol. The van der Waals surface area contributed by atoms with Crippen LogP contribution in [0.25, 0.3) is 5.83 Å². The minimum absolute atomic E-state index is 0.0142. The highest BCUT2D eigenvalue weighted by molar-refractivity contribution is 6.30. The van der Waals surface area contributed by atoms with E-state index in [0.29, 0.717) is 25.2 Å². The van der Waals surface area contributed by atoms with Crippen molar-refractivity contribution in [2.24, 2.45) is 0 Å². The van der Waals surface area contributed by atoms with Crippen molar-refractivity contribution in [3.05, 3.63) is 75.6 Å². The number of rotatable bonds is 5. The van der Waals surface area contributed by atoms with Crippen molar-refractivity contribution in [2.45, 2.75) is 24.4 Å². The summed E-state index contributed by atoms with van der Waals surface area (Å²) in [4.78, 5) is 23.9. The van der Waals surface area contributed by atoms with E-state index < -0.39 is 81.9 Å². The molecule has 0 aliphatic rings. The number of hydrogen-bond acceptors (Lipinski definition) is 2. The zero-order chi connectivity index (χ0) is 29.9. The van der Waals surface area contributed by atoms with E-state index in [1.54, 1.807) is 5.43 Å². The van der Waals surface area contributed by atoms with Crippen LogP contribution in [-0.2, 0) is 6.18 Å². The average Bonchev–Trinajstić information content (AvgIpc) is 2.80. The quantitative estimate of drug-likeness (QED) is 0.288. The monoisotopic (exact) mass is 597 g/mol. The Bertz CT molecular complexity index is 1260. The number of benzene rings is 2. The third kappa shape index (κ3) is 8.73. The molecule has 0 radical (unpaired) electrons. The van der Waals surface area contributed by atoms with Crippen molar-refractivity contribution in [3.8, 4) is 0 Å². The molecule has 39 heavy (non-hydrogen) atoms. The second-order valence-electron chi connectivity index (χ2n) is 7.74. The lowest BCUT2D eigenvalue weighted by Gasteiger charge is -2.21. The predicted molar refractivity (Wildman–Crippen MR) is 115 cm³/mol. The summed E-state index contributed by atoms with van der Waals surface area (Å²) in [6.45, 7) is -1.82. The highest BCUT2D eigenvalue weighted by Gasteiger charge is 2.41. The number of amides is 3. The molecule has 2 aromatic carbocycles. The second-order valence-corrected chi connectivity index (χ2v) is 8.15. The number of hydrazine groups is 1. The van der Waals surface area contributed by atoms with Gasteiger partial charge in [-0.15, -0.1) is 0 Å². The van der Waals surface area contributed by atoms with Crippen molar-refractivity contribution >= 4 is 29.4 Å². The lowest BCUT2D eigenvalue weighted by Crippen LogP contribution is -2.50. The minimum Gasteiger partial charge on any atom is -0.327 e. The number of nitrogens with one attached hydrogen (secondary N) is 2. The lowest BCUT2D eigenvalue weighted by atomic mass is 9.95. The van der Waals surface area contributed by atoms with E-state index in [9.17, 15) is 57.9 Å². The summed E-state index contributed by atoms with van der Waals surface area (Å²) in [5, 5.41) is 0.925. The van der Waals surface area contributed by atoms with Crippen molar-refractivity contribution in [3.63, 3.8) is 0 Å². The third-order valence-electron chi connectivity index (χ3n) is 4.83. The third-order valence-corrected chi connectivity index (χ3v) is 5.13. The molecule has 0 aliphatic heterocycles. The Morgan fingerprint density at radius 2 is 1.62 bits per heavy atom. The molecule has 2 rings (SSSR count). The van der Waals surface area contributed by atoms with E-state index >= 15 is 0 Å². The van der Waals surface area contributed by atoms with Crippen molar-refractivity contribution < 1.29 is 57.9 Å². The molecule has 3 amide bonds. The fourth-order valence-electron chi connectivity index (χ4n) is 3.01. The number of carbonyl (C=O) groups is 2. The van der Waals surface area contributed by atoms with Gasteiger partial charge in [0, 0.05) is 12.6 Å². The van der Waals surface area contributed by atoms with Crippen LogP contribution in [0.5, 0.6) is 0 Å². The first-order valence-electron chi connectivity index (χ1n) is 10.2. The van der Waals surface area contributed by atoms with E-state index in [-0.39, 0.29) is 17.2 Å². The summed E-state index contributed by atoms with van der Waals surface area (Å²) in [6.07, 6.45) is -15.5. The van der Waals surface area contributed by atoms with Crippen LogP contribution < -0.4 is 10.7 Å². The highest BCUT2D eigenvalue weighted by atomic mass is 35.5. The minimum atomic E-state index is -5.37. The Morgan fingerprint density at radius 3 is 2.13 bits per heavy atom. The first-order valence-corrected chi connectivity index (χ1v) is 10.6. The zero-order valence-corrected chi connectivity index (χ0v) is 19.9. The molecule has 0 aromatic heterocycles. The van der Waals surface area contributed by atoms with Gasteiger partial charge in [0.1, 0.15) is 24.1 Å². The van der Waals surface area contributed by atoms with Crippen LogP contribution >= 0.6 is 11.6 Å². The maximum Gasteiger partial charge on any atom is 0.417 e. The van der Waals surface area contributed by atoms with Crippen LogP contribution in [0.4, 0.5) is 53.1 Å². The van der Waals surface area contributed by atoms with Gasteiger partial charge in [-0.3, -0.25) is 10.2 Å². The topological polar surface area (TPSA) is 61.4 Å². The summed E-state index contributed by atoms with van der Waals surface area (Å²) < 4.78 is 147. The van der Waals surface area contributed by atoms with Crippen LogP contribution in [0.3, 0.4) is 0 Å². The average molecular weight is 598 g/mol. The lowest BCUT2D eigenvalue weighted by molar-refractivity contribution is -0.140. The maximum atomic E-state index is 14.8. The molecule has 0 spiro atoms.